The fourth-order valence-corrected chi connectivity index (χ4v) is 3.10. The predicted molar refractivity (Wildman–Crippen MR) is 94.8 cm³/mol. The Morgan fingerprint density at radius 1 is 0.500 bits per heavy atom. The molecular weight excluding hydrogens is 264 g/mol. The molecule has 0 aromatic heterocycles. The average molecular weight is 286 g/mol. The molecular formula is C22H22. The molecule has 110 valence electrons. The molecule has 22 heavy (non-hydrogen) atoms. The highest BCUT2D eigenvalue weighted by molar-refractivity contribution is 5.67. The molecule has 0 aliphatic heterocycles. The molecule has 0 bridgehead atoms. The highest BCUT2D eigenvalue weighted by Gasteiger charge is 2.24. The third-order valence-electron chi connectivity index (χ3n) is 4.47. The summed E-state index contributed by atoms with van der Waals surface area (Å²) in [5.41, 5.74) is 7.98. The molecule has 1 aliphatic rings. The first-order valence-corrected chi connectivity index (χ1v) is 7.94. The van der Waals surface area contributed by atoms with Crippen LogP contribution < -0.4 is 0 Å². The van der Waals surface area contributed by atoms with Crippen LogP contribution in [0.15, 0.2) is 96.1 Å². The zero-order valence-electron chi connectivity index (χ0n) is 13.0. The summed E-state index contributed by atoms with van der Waals surface area (Å²) < 4.78 is 0. The van der Waals surface area contributed by atoms with Gasteiger partial charge in [-0.1, -0.05) is 73.8 Å². The lowest BCUT2D eigenvalue weighted by Gasteiger charge is -2.30. The number of aryl methyl sites for hydroxylation is 2. The second kappa shape index (κ2) is 6.62. The van der Waals surface area contributed by atoms with Gasteiger partial charge in [0.25, 0.3) is 0 Å². The smallest absolute Gasteiger partial charge is 0.0224 e. The van der Waals surface area contributed by atoms with Crippen molar-refractivity contribution in [3.8, 4) is 0 Å². The van der Waals surface area contributed by atoms with Crippen molar-refractivity contribution in [3.05, 3.63) is 107 Å². The van der Waals surface area contributed by atoms with Crippen LogP contribution in [-0.2, 0) is 12.8 Å². The topological polar surface area (TPSA) is 0 Å². The maximum absolute atomic E-state index is 4.18. The minimum absolute atomic E-state index is 1.08. The molecule has 2 aromatic rings. The summed E-state index contributed by atoms with van der Waals surface area (Å²) in [5.74, 6) is 0. The van der Waals surface area contributed by atoms with E-state index in [0.29, 0.717) is 0 Å². The molecule has 1 aliphatic carbocycles. The van der Waals surface area contributed by atoms with Crippen LogP contribution in [0.2, 0.25) is 0 Å². The van der Waals surface area contributed by atoms with Gasteiger partial charge < -0.3 is 0 Å². The van der Waals surface area contributed by atoms with Crippen LogP contribution in [-0.4, -0.2) is 0 Å². The van der Waals surface area contributed by atoms with Crippen LogP contribution in [0.4, 0.5) is 0 Å². The average Bonchev–Trinajstić information content (AvgIpc) is 2.58. The van der Waals surface area contributed by atoms with E-state index in [1.165, 1.54) is 33.4 Å². The first kappa shape index (κ1) is 14.6. The molecule has 3 rings (SSSR count). The van der Waals surface area contributed by atoms with Crippen molar-refractivity contribution in [2.45, 2.75) is 25.7 Å². The van der Waals surface area contributed by atoms with Gasteiger partial charge in [-0.25, -0.2) is 0 Å². The summed E-state index contributed by atoms with van der Waals surface area (Å²) in [7, 11) is 0. The van der Waals surface area contributed by atoms with Crippen LogP contribution in [0.5, 0.6) is 0 Å². The van der Waals surface area contributed by atoms with Crippen LogP contribution in [0.1, 0.15) is 24.0 Å². The molecule has 0 N–H and O–H groups in total. The second-order valence-corrected chi connectivity index (χ2v) is 5.89. The number of benzene rings is 2. The van der Waals surface area contributed by atoms with Gasteiger partial charge in [-0.3, -0.25) is 0 Å². The fourth-order valence-electron chi connectivity index (χ4n) is 3.10. The Kier molecular flexibility index (Phi) is 4.39. The summed E-state index contributed by atoms with van der Waals surface area (Å²) in [6.45, 7) is 8.37. The Hall–Kier alpha value is -2.34. The number of rotatable bonds is 6. The summed E-state index contributed by atoms with van der Waals surface area (Å²) in [6, 6.07) is 21.3. The SMILES string of the molecule is C=C1C(=C)C(CCc2ccccc2)=C1CCc1ccccc1. The van der Waals surface area contributed by atoms with E-state index in [9.17, 15) is 0 Å². The number of hydrogen-bond acceptors (Lipinski definition) is 0. The van der Waals surface area contributed by atoms with Gasteiger partial charge in [0, 0.05) is 0 Å². The third-order valence-corrected chi connectivity index (χ3v) is 4.47. The normalized spacial score (nSPS) is 14.2. The Labute approximate surface area is 133 Å². The Balaban J connectivity index is 1.66. The molecule has 0 heteroatoms. The van der Waals surface area contributed by atoms with Gasteiger partial charge in [-0.2, -0.15) is 0 Å². The first-order chi connectivity index (χ1) is 10.8. The fraction of sp³-hybridized carbons (Fsp3) is 0.182. The molecule has 0 nitrogen and oxygen atoms in total. The van der Waals surface area contributed by atoms with Gasteiger partial charge in [0.2, 0.25) is 0 Å². The summed E-state index contributed by atoms with van der Waals surface area (Å²) in [5, 5.41) is 0. The van der Waals surface area contributed by atoms with Gasteiger partial charge in [0.05, 0.1) is 0 Å². The van der Waals surface area contributed by atoms with Crippen molar-refractivity contribution in [2.24, 2.45) is 0 Å². The van der Waals surface area contributed by atoms with Crippen LogP contribution in [0.25, 0.3) is 0 Å². The predicted octanol–water partition coefficient (Wildman–Crippen LogP) is 5.67. The molecule has 0 radical (unpaired) electrons. The van der Waals surface area contributed by atoms with Gasteiger partial charge in [-0.15, -0.1) is 0 Å². The van der Waals surface area contributed by atoms with E-state index in [0.717, 1.165) is 25.7 Å². The van der Waals surface area contributed by atoms with E-state index in [-0.39, 0.29) is 0 Å². The lowest BCUT2D eigenvalue weighted by molar-refractivity contribution is 0.851. The Bertz CT molecular complexity index is 639. The van der Waals surface area contributed by atoms with E-state index >= 15 is 0 Å². The summed E-state index contributed by atoms with van der Waals surface area (Å²) in [6.07, 6.45) is 4.31. The monoisotopic (exact) mass is 286 g/mol. The maximum atomic E-state index is 4.18. The quantitative estimate of drug-likeness (QED) is 0.641. The van der Waals surface area contributed by atoms with Crippen molar-refractivity contribution in [1.82, 2.24) is 0 Å². The van der Waals surface area contributed by atoms with Gasteiger partial charge in [0.1, 0.15) is 0 Å². The van der Waals surface area contributed by atoms with Crippen molar-refractivity contribution < 1.29 is 0 Å². The van der Waals surface area contributed by atoms with Crippen molar-refractivity contribution in [3.63, 3.8) is 0 Å². The maximum Gasteiger partial charge on any atom is -0.0224 e. The summed E-state index contributed by atoms with van der Waals surface area (Å²) in [4.78, 5) is 0. The second-order valence-electron chi connectivity index (χ2n) is 5.89. The molecule has 0 fully saturated rings. The van der Waals surface area contributed by atoms with E-state index in [2.05, 4.69) is 73.8 Å². The lowest BCUT2D eigenvalue weighted by atomic mass is 9.74. The number of allylic oxidation sites excluding steroid dienone is 4. The zero-order chi connectivity index (χ0) is 15.4. The Morgan fingerprint density at radius 3 is 1.23 bits per heavy atom. The van der Waals surface area contributed by atoms with Gasteiger partial charge >= 0.3 is 0 Å². The number of hydrogen-bond donors (Lipinski definition) is 0. The van der Waals surface area contributed by atoms with E-state index in [1.807, 2.05) is 0 Å². The zero-order valence-corrected chi connectivity index (χ0v) is 13.0. The lowest BCUT2D eigenvalue weighted by Crippen LogP contribution is -2.13. The molecule has 2 aromatic carbocycles. The minimum atomic E-state index is 1.08. The molecule has 0 amide bonds. The summed E-state index contributed by atoms with van der Waals surface area (Å²) >= 11 is 0. The highest BCUT2D eigenvalue weighted by atomic mass is 14.3. The van der Waals surface area contributed by atoms with Crippen LogP contribution in [0.3, 0.4) is 0 Å². The van der Waals surface area contributed by atoms with E-state index < -0.39 is 0 Å². The largest absolute Gasteiger partial charge is 0.0909 e. The van der Waals surface area contributed by atoms with Crippen LogP contribution in [0, 0.1) is 0 Å². The molecule has 0 heterocycles. The molecule has 0 unspecified atom stereocenters. The van der Waals surface area contributed by atoms with Gasteiger partial charge in [-0.05, 0) is 59.1 Å². The van der Waals surface area contributed by atoms with E-state index in [1.54, 1.807) is 0 Å². The van der Waals surface area contributed by atoms with E-state index in [4.69, 9.17) is 0 Å². The third kappa shape index (κ3) is 3.12. The molecule has 0 saturated carbocycles. The van der Waals surface area contributed by atoms with Crippen molar-refractivity contribution in [2.75, 3.05) is 0 Å². The first-order valence-electron chi connectivity index (χ1n) is 7.94. The highest BCUT2D eigenvalue weighted by Crippen LogP contribution is 2.42. The standard InChI is InChI=1S/C22H22/c1-17-18(2)22(16-14-20-11-7-4-8-12-20)21(17)15-13-19-9-5-3-6-10-19/h3-12H,1-2,13-16H2. The Morgan fingerprint density at radius 2 is 0.864 bits per heavy atom. The van der Waals surface area contributed by atoms with Gasteiger partial charge in [0.15, 0.2) is 0 Å². The molecule has 0 atom stereocenters. The minimum Gasteiger partial charge on any atom is -0.0909 e. The van der Waals surface area contributed by atoms with Crippen molar-refractivity contribution >= 4 is 0 Å². The molecule has 0 saturated heterocycles. The van der Waals surface area contributed by atoms with Crippen molar-refractivity contribution in [1.29, 1.82) is 0 Å². The van der Waals surface area contributed by atoms with Crippen LogP contribution >= 0.6 is 0 Å². The molecule has 0 spiro atoms.